The van der Waals surface area contributed by atoms with Crippen molar-refractivity contribution in [2.24, 2.45) is 0 Å². The van der Waals surface area contributed by atoms with Gasteiger partial charge in [0.05, 0.1) is 18.1 Å². The molecule has 0 spiro atoms. The van der Waals surface area contributed by atoms with Crippen molar-refractivity contribution in [2.75, 3.05) is 24.7 Å². The summed E-state index contributed by atoms with van der Waals surface area (Å²) in [4.78, 5) is 3.94. The fourth-order valence-electron chi connectivity index (χ4n) is 3.41. The van der Waals surface area contributed by atoms with Crippen LogP contribution < -0.4 is 5.32 Å². The molecular formula is C16H21F4N5O2S. The Labute approximate surface area is 159 Å². The van der Waals surface area contributed by atoms with E-state index < -0.39 is 33.5 Å². The van der Waals surface area contributed by atoms with E-state index in [9.17, 15) is 26.0 Å². The van der Waals surface area contributed by atoms with Crippen molar-refractivity contribution in [3.63, 3.8) is 0 Å². The van der Waals surface area contributed by atoms with E-state index in [0.717, 1.165) is 17.0 Å². The first kappa shape index (κ1) is 20.8. The van der Waals surface area contributed by atoms with Gasteiger partial charge in [-0.3, -0.25) is 0 Å². The van der Waals surface area contributed by atoms with Crippen LogP contribution in [0.1, 0.15) is 43.9 Å². The second-order valence-corrected chi connectivity index (χ2v) is 9.17. The first-order valence-electron chi connectivity index (χ1n) is 8.75. The third-order valence-corrected chi connectivity index (χ3v) is 6.05. The Balaban J connectivity index is 1.90. The molecule has 1 aliphatic rings. The molecule has 2 aromatic heterocycles. The number of rotatable bonds is 4. The number of alkyl halides is 3. The van der Waals surface area contributed by atoms with Crippen LogP contribution >= 0.6 is 0 Å². The third-order valence-electron chi connectivity index (χ3n) is 4.75. The van der Waals surface area contributed by atoms with Gasteiger partial charge in [0.25, 0.3) is 0 Å². The lowest BCUT2D eigenvalue weighted by atomic mass is 10.1. The van der Waals surface area contributed by atoms with Crippen molar-refractivity contribution in [2.45, 2.75) is 44.8 Å². The molecule has 0 bridgehead atoms. The van der Waals surface area contributed by atoms with Gasteiger partial charge in [-0.2, -0.15) is 13.2 Å². The zero-order valence-corrected chi connectivity index (χ0v) is 16.4. The van der Waals surface area contributed by atoms with Gasteiger partial charge in [0, 0.05) is 19.1 Å². The summed E-state index contributed by atoms with van der Waals surface area (Å²) in [5.74, 6) is -1.94. The van der Waals surface area contributed by atoms with E-state index >= 15 is 0 Å². The maximum atomic E-state index is 14.4. The van der Waals surface area contributed by atoms with E-state index in [1.807, 2.05) is 0 Å². The van der Waals surface area contributed by atoms with Gasteiger partial charge in [-0.05, 0) is 18.8 Å². The molecule has 3 heterocycles. The minimum absolute atomic E-state index is 0.0657. The van der Waals surface area contributed by atoms with E-state index in [4.69, 9.17) is 0 Å². The van der Waals surface area contributed by atoms with Crippen LogP contribution in [0.4, 0.5) is 23.5 Å². The third kappa shape index (κ3) is 3.93. The zero-order valence-electron chi connectivity index (χ0n) is 15.6. The predicted octanol–water partition coefficient (Wildman–Crippen LogP) is 2.85. The maximum absolute atomic E-state index is 14.4. The van der Waals surface area contributed by atoms with Crippen LogP contribution in [-0.4, -0.2) is 52.7 Å². The average molecular weight is 423 g/mol. The highest BCUT2D eigenvalue weighted by atomic mass is 32.2. The second-order valence-electron chi connectivity index (χ2n) is 7.19. The highest BCUT2D eigenvalue weighted by Gasteiger charge is 2.41. The Morgan fingerprint density at radius 3 is 2.36 bits per heavy atom. The van der Waals surface area contributed by atoms with E-state index in [1.165, 1.54) is 18.2 Å². The van der Waals surface area contributed by atoms with E-state index in [1.54, 1.807) is 0 Å². The molecule has 1 fully saturated rings. The summed E-state index contributed by atoms with van der Waals surface area (Å²) in [5, 5.41) is 7.09. The van der Waals surface area contributed by atoms with Crippen LogP contribution in [0.3, 0.4) is 0 Å². The molecule has 0 aliphatic carbocycles. The molecule has 0 saturated carbocycles. The van der Waals surface area contributed by atoms with Gasteiger partial charge in [-0.15, -0.1) is 5.10 Å². The first-order valence-corrected chi connectivity index (χ1v) is 10.6. The van der Waals surface area contributed by atoms with E-state index in [2.05, 4.69) is 15.4 Å². The summed E-state index contributed by atoms with van der Waals surface area (Å²) < 4.78 is 79.9. The molecule has 0 atom stereocenters. The maximum Gasteiger partial charge on any atom is 0.421 e. The molecule has 0 unspecified atom stereocenters. The summed E-state index contributed by atoms with van der Waals surface area (Å²) in [5.41, 5.74) is -1.93. The fourth-order valence-corrected chi connectivity index (χ4v) is 4.29. The standard InChI is InChI=1S/C16H21F4N5O2S/c1-9(2)14-12(16(18,19)20)13(17)11-8-21-15(23-25(11)14)22-10-4-6-24(7-5-10)28(3,26)27/h8-10H,4-7H2,1-3H3,(H,22,23). The normalized spacial score (nSPS) is 17.6. The van der Waals surface area contributed by atoms with Crippen molar-refractivity contribution >= 4 is 21.5 Å². The molecule has 1 N–H and O–H groups in total. The van der Waals surface area contributed by atoms with Gasteiger partial charge in [0.2, 0.25) is 16.0 Å². The molecule has 12 heteroatoms. The minimum atomic E-state index is -4.84. The largest absolute Gasteiger partial charge is 0.421 e. The number of nitrogens with one attached hydrogen (secondary N) is 1. The monoisotopic (exact) mass is 423 g/mol. The van der Waals surface area contributed by atoms with Crippen LogP contribution in [0.2, 0.25) is 0 Å². The lowest BCUT2D eigenvalue weighted by Crippen LogP contribution is -2.42. The summed E-state index contributed by atoms with van der Waals surface area (Å²) in [6.07, 6.45) is -1.68. The van der Waals surface area contributed by atoms with Gasteiger partial charge >= 0.3 is 6.18 Å². The lowest BCUT2D eigenvalue weighted by molar-refractivity contribution is -0.140. The topological polar surface area (TPSA) is 79.6 Å². The second kappa shape index (κ2) is 7.14. The molecule has 0 radical (unpaired) electrons. The van der Waals surface area contributed by atoms with Crippen LogP contribution in [0.5, 0.6) is 0 Å². The van der Waals surface area contributed by atoms with Gasteiger partial charge in [0.15, 0.2) is 5.82 Å². The van der Waals surface area contributed by atoms with Crippen LogP contribution in [0, 0.1) is 5.82 Å². The van der Waals surface area contributed by atoms with Gasteiger partial charge in [-0.1, -0.05) is 13.8 Å². The number of piperidine rings is 1. The zero-order chi connectivity index (χ0) is 20.9. The van der Waals surface area contributed by atoms with Gasteiger partial charge in [-0.25, -0.2) is 26.6 Å². The SMILES string of the molecule is CC(C)c1c(C(F)(F)F)c(F)c2cnc(NC3CCN(S(C)(=O)=O)CC3)nn12. The van der Waals surface area contributed by atoms with E-state index in [-0.39, 0.29) is 23.2 Å². The summed E-state index contributed by atoms with van der Waals surface area (Å²) in [7, 11) is -3.26. The van der Waals surface area contributed by atoms with Crippen molar-refractivity contribution < 1.29 is 26.0 Å². The molecule has 1 aliphatic heterocycles. The first-order chi connectivity index (χ1) is 12.9. The molecule has 3 rings (SSSR count). The van der Waals surface area contributed by atoms with Crippen molar-refractivity contribution in [1.29, 1.82) is 0 Å². The van der Waals surface area contributed by atoms with Crippen molar-refractivity contribution in [3.8, 4) is 0 Å². The molecule has 7 nitrogen and oxygen atoms in total. The Morgan fingerprint density at radius 1 is 1.25 bits per heavy atom. The quantitative estimate of drug-likeness (QED) is 0.765. The Kier molecular flexibility index (Phi) is 5.30. The van der Waals surface area contributed by atoms with Crippen molar-refractivity contribution in [3.05, 3.63) is 23.3 Å². The molecule has 28 heavy (non-hydrogen) atoms. The minimum Gasteiger partial charge on any atom is -0.350 e. The Hall–Kier alpha value is -1.95. The number of fused-ring (bicyclic) bond motifs is 1. The highest BCUT2D eigenvalue weighted by Crippen LogP contribution is 2.39. The number of nitrogens with zero attached hydrogens (tertiary/aromatic N) is 4. The molecule has 156 valence electrons. The number of sulfonamides is 1. The van der Waals surface area contributed by atoms with Crippen LogP contribution in [-0.2, 0) is 16.2 Å². The smallest absolute Gasteiger partial charge is 0.350 e. The Morgan fingerprint density at radius 2 is 1.86 bits per heavy atom. The fraction of sp³-hybridized carbons (Fsp3) is 0.625. The summed E-state index contributed by atoms with van der Waals surface area (Å²) >= 11 is 0. The van der Waals surface area contributed by atoms with Crippen molar-refractivity contribution in [1.82, 2.24) is 18.9 Å². The summed E-state index contributed by atoms with van der Waals surface area (Å²) in [6.45, 7) is 3.72. The number of aromatic nitrogens is 3. The number of hydrogen-bond donors (Lipinski definition) is 1. The van der Waals surface area contributed by atoms with Gasteiger partial charge < -0.3 is 5.32 Å². The average Bonchev–Trinajstić information content (AvgIpc) is 2.87. The lowest BCUT2D eigenvalue weighted by Gasteiger charge is -2.30. The molecule has 0 aromatic carbocycles. The van der Waals surface area contributed by atoms with E-state index in [0.29, 0.717) is 25.9 Å². The molecule has 1 saturated heterocycles. The molecule has 0 amide bonds. The number of anilines is 1. The van der Waals surface area contributed by atoms with Gasteiger partial charge in [0.1, 0.15) is 11.1 Å². The molecule has 2 aromatic rings. The molecular weight excluding hydrogens is 402 g/mol. The summed E-state index contributed by atoms with van der Waals surface area (Å²) in [6, 6.07) is -0.138. The number of hydrogen-bond acceptors (Lipinski definition) is 5. The number of halogens is 4. The highest BCUT2D eigenvalue weighted by molar-refractivity contribution is 7.88. The predicted molar refractivity (Wildman–Crippen MR) is 95.1 cm³/mol. The van der Waals surface area contributed by atoms with Crippen LogP contribution in [0.15, 0.2) is 6.20 Å². The Bertz CT molecular complexity index is 979. The van der Waals surface area contributed by atoms with Crippen LogP contribution in [0.25, 0.3) is 5.52 Å².